The molecule has 2 aromatic heterocycles. The minimum absolute atomic E-state index is 0.153. The molecule has 0 spiro atoms. The van der Waals surface area contributed by atoms with Gasteiger partial charge < -0.3 is 14.5 Å². The smallest absolute Gasteiger partial charge is 0.263 e. The minimum Gasteiger partial charge on any atom is -0.484 e. The summed E-state index contributed by atoms with van der Waals surface area (Å²) in [7, 11) is 0. The molecule has 5 rings (SSSR count). The molecule has 8 nitrogen and oxygen atoms in total. The number of carbonyl (C=O) groups is 1. The second kappa shape index (κ2) is 9.41. The van der Waals surface area contributed by atoms with E-state index in [0.29, 0.717) is 17.5 Å². The molecule has 3 aromatic carbocycles. The molecule has 8 heteroatoms. The van der Waals surface area contributed by atoms with Crippen LogP contribution in [0.3, 0.4) is 0 Å². The van der Waals surface area contributed by atoms with Gasteiger partial charge in [-0.15, -0.1) is 10.2 Å². The third kappa shape index (κ3) is 4.71. The summed E-state index contributed by atoms with van der Waals surface area (Å²) in [4.78, 5) is 12.7. The van der Waals surface area contributed by atoms with E-state index in [1.807, 2.05) is 67.6 Å². The van der Waals surface area contributed by atoms with Crippen molar-refractivity contribution in [2.75, 3.05) is 11.9 Å². The van der Waals surface area contributed by atoms with Gasteiger partial charge in [0.2, 0.25) is 12.3 Å². The van der Waals surface area contributed by atoms with E-state index < -0.39 is 0 Å². The Kier molecular flexibility index (Phi) is 5.85. The summed E-state index contributed by atoms with van der Waals surface area (Å²) >= 11 is 0. The molecule has 0 saturated carbocycles. The molecule has 1 amide bonds. The Labute approximate surface area is 195 Å². The van der Waals surface area contributed by atoms with Gasteiger partial charge in [0.05, 0.1) is 11.4 Å². The van der Waals surface area contributed by atoms with Crippen molar-refractivity contribution in [1.82, 2.24) is 20.0 Å². The molecule has 0 atom stereocenters. The number of para-hydroxylation sites is 1. The molecule has 34 heavy (non-hydrogen) atoms. The lowest BCUT2D eigenvalue weighted by atomic mass is 10.1. The van der Waals surface area contributed by atoms with Gasteiger partial charge in [0.1, 0.15) is 11.6 Å². The fraction of sp³-hybridized carbons (Fsp3) is 0.0769. The maximum absolute atomic E-state index is 12.7. The predicted molar refractivity (Wildman–Crippen MR) is 128 cm³/mol. The van der Waals surface area contributed by atoms with Crippen LogP contribution in [-0.2, 0) is 4.79 Å². The van der Waals surface area contributed by atoms with Crippen LogP contribution in [0.1, 0.15) is 5.56 Å². The standard InChI is InChI=1S/C26H21N5O3/c1-18-7-9-19(10-8-18)23-15-24(31(30-23)21-5-3-2-4-6-21)28-25(32)16-33-22-13-11-20(12-14-22)26-29-27-17-34-26/h2-15,17H,16H2,1H3,(H,28,32). The summed E-state index contributed by atoms with van der Waals surface area (Å²) in [5.41, 5.74) is 4.51. The number of benzene rings is 3. The van der Waals surface area contributed by atoms with Crippen LogP contribution in [0, 0.1) is 6.92 Å². The zero-order chi connectivity index (χ0) is 23.3. The molecular weight excluding hydrogens is 430 g/mol. The maximum atomic E-state index is 12.7. The molecule has 2 heterocycles. The van der Waals surface area contributed by atoms with Gasteiger partial charge in [-0.25, -0.2) is 4.68 Å². The Hall–Kier alpha value is -4.72. The second-order valence-corrected chi connectivity index (χ2v) is 7.63. The molecule has 0 bridgehead atoms. The van der Waals surface area contributed by atoms with E-state index in [-0.39, 0.29) is 12.5 Å². The van der Waals surface area contributed by atoms with Crippen LogP contribution in [-0.4, -0.2) is 32.5 Å². The first-order valence-electron chi connectivity index (χ1n) is 10.7. The number of nitrogens with one attached hydrogen (secondary N) is 1. The number of hydrogen-bond donors (Lipinski definition) is 1. The number of anilines is 1. The van der Waals surface area contributed by atoms with Crippen molar-refractivity contribution in [2.24, 2.45) is 0 Å². The van der Waals surface area contributed by atoms with Crippen molar-refractivity contribution in [3.63, 3.8) is 0 Å². The molecule has 168 valence electrons. The summed E-state index contributed by atoms with van der Waals surface area (Å²) < 4.78 is 12.5. The number of hydrogen-bond acceptors (Lipinski definition) is 6. The van der Waals surface area contributed by atoms with Gasteiger partial charge in [-0.2, -0.15) is 5.10 Å². The first kappa shape index (κ1) is 21.1. The lowest BCUT2D eigenvalue weighted by Gasteiger charge is -2.10. The number of nitrogens with zero attached hydrogens (tertiary/aromatic N) is 4. The maximum Gasteiger partial charge on any atom is 0.263 e. The van der Waals surface area contributed by atoms with Crippen molar-refractivity contribution in [2.45, 2.75) is 6.92 Å². The monoisotopic (exact) mass is 451 g/mol. The van der Waals surface area contributed by atoms with Gasteiger partial charge in [0, 0.05) is 17.2 Å². The predicted octanol–water partition coefficient (Wildman–Crippen LogP) is 4.92. The normalized spacial score (nSPS) is 10.7. The summed E-state index contributed by atoms with van der Waals surface area (Å²) in [5, 5.41) is 15.2. The highest BCUT2D eigenvalue weighted by atomic mass is 16.5. The highest BCUT2D eigenvalue weighted by Gasteiger charge is 2.14. The Morgan fingerprint density at radius 1 is 0.971 bits per heavy atom. The molecule has 0 radical (unpaired) electrons. The highest BCUT2D eigenvalue weighted by molar-refractivity contribution is 5.92. The Balaban J connectivity index is 1.31. The number of aryl methyl sites for hydroxylation is 1. The van der Waals surface area contributed by atoms with Crippen LogP contribution >= 0.6 is 0 Å². The van der Waals surface area contributed by atoms with E-state index in [1.165, 1.54) is 12.0 Å². The molecule has 5 aromatic rings. The SMILES string of the molecule is Cc1ccc(-c2cc(NC(=O)COc3ccc(-c4nnco4)cc3)n(-c3ccccc3)n2)cc1. The van der Waals surface area contributed by atoms with Gasteiger partial charge in [-0.1, -0.05) is 48.0 Å². The Morgan fingerprint density at radius 3 is 2.41 bits per heavy atom. The number of carbonyl (C=O) groups excluding carboxylic acids is 1. The largest absolute Gasteiger partial charge is 0.484 e. The van der Waals surface area contributed by atoms with E-state index >= 15 is 0 Å². The number of amides is 1. The lowest BCUT2D eigenvalue weighted by Crippen LogP contribution is -2.21. The van der Waals surface area contributed by atoms with E-state index in [4.69, 9.17) is 14.3 Å². The fourth-order valence-electron chi connectivity index (χ4n) is 3.42. The van der Waals surface area contributed by atoms with Crippen LogP contribution in [0.5, 0.6) is 5.75 Å². The molecular formula is C26H21N5O3. The third-order valence-electron chi connectivity index (χ3n) is 5.16. The van der Waals surface area contributed by atoms with E-state index in [9.17, 15) is 4.79 Å². The van der Waals surface area contributed by atoms with Crippen LogP contribution in [0.4, 0.5) is 5.82 Å². The zero-order valence-corrected chi connectivity index (χ0v) is 18.4. The van der Waals surface area contributed by atoms with Gasteiger partial charge in [-0.3, -0.25) is 4.79 Å². The van der Waals surface area contributed by atoms with Crippen LogP contribution in [0.15, 0.2) is 95.7 Å². The molecule has 0 aliphatic heterocycles. The highest BCUT2D eigenvalue weighted by Crippen LogP contribution is 2.25. The minimum atomic E-state index is -0.298. The van der Waals surface area contributed by atoms with Gasteiger partial charge >= 0.3 is 0 Å². The summed E-state index contributed by atoms with van der Waals surface area (Å²) in [6, 6.07) is 26.7. The van der Waals surface area contributed by atoms with Crippen LogP contribution in [0.25, 0.3) is 28.4 Å². The Bertz CT molecular complexity index is 1380. The number of aromatic nitrogens is 4. The molecule has 0 aliphatic carbocycles. The van der Waals surface area contributed by atoms with Gasteiger partial charge in [0.25, 0.3) is 5.91 Å². The van der Waals surface area contributed by atoms with E-state index in [1.54, 1.807) is 28.9 Å². The Morgan fingerprint density at radius 2 is 1.71 bits per heavy atom. The zero-order valence-electron chi connectivity index (χ0n) is 18.4. The van der Waals surface area contributed by atoms with Crippen molar-refractivity contribution in [1.29, 1.82) is 0 Å². The molecule has 0 saturated heterocycles. The van der Waals surface area contributed by atoms with Gasteiger partial charge in [-0.05, 0) is 43.3 Å². The average molecular weight is 451 g/mol. The first-order valence-corrected chi connectivity index (χ1v) is 10.7. The number of ether oxygens (including phenoxy) is 1. The lowest BCUT2D eigenvalue weighted by molar-refractivity contribution is -0.118. The molecule has 0 unspecified atom stereocenters. The summed E-state index contributed by atoms with van der Waals surface area (Å²) in [6.07, 6.45) is 1.27. The van der Waals surface area contributed by atoms with E-state index in [0.717, 1.165) is 22.5 Å². The fourth-order valence-corrected chi connectivity index (χ4v) is 3.42. The molecule has 0 aliphatic rings. The molecule has 0 fully saturated rings. The van der Waals surface area contributed by atoms with Crippen molar-refractivity contribution in [3.8, 4) is 34.1 Å². The quantitative estimate of drug-likeness (QED) is 0.378. The van der Waals surface area contributed by atoms with Crippen LogP contribution < -0.4 is 10.1 Å². The molecule has 1 N–H and O–H groups in total. The third-order valence-corrected chi connectivity index (χ3v) is 5.16. The topological polar surface area (TPSA) is 95.1 Å². The summed E-state index contributed by atoms with van der Waals surface area (Å²) in [5.74, 6) is 1.23. The first-order chi connectivity index (χ1) is 16.7. The summed E-state index contributed by atoms with van der Waals surface area (Å²) in [6.45, 7) is 1.89. The van der Waals surface area contributed by atoms with E-state index in [2.05, 4.69) is 15.5 Å². The van der Waals surface area contributed by atoms with Crippen molar-refractivity contribution >= 4 is 11.7 Å². The number of rotatable bonds is 7. The second-order valence-electron chi connectivity index (χ2n) is 7.63. The van der Waals surface area contributed by atoms with Gasteiger partial charge in [0.15, 0.2) is 6.61 Å². The van der Waals surface area contributed by atoms with Crippen molar-refractivity contribution < 1.29 is 13.9 Å². The van der Waals surface area contributed by atoms with Crippen molar-refractivity contribution in [3.05, 3.63) is 96.9 Å². The average Bonchev–Trinajstić information content (AvgIpc) is 3.55. The van der Waals surface area contributed by atoms with Crippen LogP contribution in [0.2, 0.25) is 0 Å².